The molecule has 0 amide bonds. The maximum absolute atomic E-state index is 8.67. The molecule has 4 N–H and O–H groups in total. The van der Waals surface area contributed by atoms with Gasteiger partial charge in [-0.3, -0.25) is 9.11 Å². The predicted molar refractivity (Wildman–Crippen MR) is 26.3 cm³/mol. The summed E-state index contributed by atoms with van der Waals surface area (Å²) in [5, 5.41) is 13.9. The summed E-state index contributed by atoms with van der Waals surface area (Å²) in [7, 11) is 0. The smallest absolute Gasteiger partial charge is 1.00 e. The van der Waals surface area contributed by atoms with E-state index in [9.17, 15) is 0 Å². The Morgan fingerprint density at radius 3 is 1.20 bits per heavy atom. The Balaban J connectivity index is -0.0000000112. The Labute approximate surface area is 148 Å². The minimum absolute atomic E-state index is 0. The van der Waals surface area contributed by atoms with Gasteiger partial charge in [-0.15, -0.1) is 0 Å². The molecule has 0 heterocycles. The Kier molecular flexibility index (Phi) is 40.4. The fourth-order valence-corrected chi connectivity index (χ4v) is 0. The van der Waals surface area contributed by atoms with Gasteiger partial charge >= 0.3 is 109 Å². The summed E-state index contributed by atoms with van der Waals surface area (Å²) in [4.78, 5) is 8.56. The second-order valence-corrected chi connectivity index (χ2v) is 0.975. The first-order valence-corrected chi connectivity index (χ1v) is 2.25. The molecule has 0 aromatic heterocycles. The predicted octanol–water partition coefficient (Wildman–Crippen LogP) is -5.86. The molecule has 0 aliphatic rings. The zero-order valence-corrected chi connectivity index (χ0v) is 12.6. The van der Waals surface area contributed by atoms with E-state index in [1.165, 1.54) is 0 Å². The quantitative estimate of drug-likeness (QED) is 0.241. The van der Waals surface area contributed by atoms with Crippen LogP contribution in [0.1, 0.15) is 2.85 Å². The van der Waals surface area contributed by atoms with Crippen molar-refractivity contribution < 1.29 is 134 Å². The number of hydrogen-bond donors (Lipinski definition) is 4. The molecule has 10 heavy (non-hydrogen) atoms. The van der Waals surface area contributed by atoms with E-state index in [0.29, 0.717) is 0 Å². The van der Waals surface area contributed by atoms with Gasteiger partial charge in [0.05, 0.1) is 0 Å². The first-order chi connectivity index (χ1) is 3.46. The van der Waals surface area contributed by atoms with Crippen molar-refractivity contribution in [2.45, 2.75) is 0 Å². The number of rotatable bonds is 0. The van der Waals surface area contributed by atoms with Crippen molar-refractivity contribution in [1.82, 2.24) is 0 Å². The van der Waals surface area contributed by atoms with Crippen LogP contribution in [0.15, 0.2) is 0 Å². The van der Waals surface area contributed by atoms with E-state index in [1.807, 2.05) is 0 Å². The summed E-state index contributed by atoms with van der Waals surface area (Å²) in [5.41, 5.74) is 0. The van der Waals surface area contributed by atoms with Crippen molar-refractivity contribution in [2.75, 3.05) is 0 Å². The van der Waals surface area contributed by atoms with Gasteiger partial charge in [-0.05, 0) is 0 Å². The third kappa shape index (κ3) is 144. The van der Waals surface area contributed by atoms with Gasteiger partial charge in [0.2, 0.25) is 0 Å². The van der Waals surface area contributed by atoms with Crippen LogP contribution >= 0.6 is 0 Å². The van der Waals surface area contributed by atoms with Gasteiger partial charge in [-0.25, -0.2) is 4.79 Å². The van der Waals surface area contributed by atoms with Crippen LogP contribution in [0, 0.1) is 0 Å². The van der Waals surface area contributed by atoms with Crippen molar-refractivity contribution in [3.05, 3.63) is 0 Å². The van der Waals surface area contributed by atoms with E-state index in [-0.39, 0.29) is 106 Å². The largest absolute Gasteiger partial charge is 1.00 e. The topological polar surface area (TPSA) is 115 Å². The van der Waals surface area contributed by atoms with Gasteiger partial charge in [0.1, 0.15) is 0 Å². The van der Waals surface area contributed by atoms with E-state index in [2.05, 4.69) is 0 Å². The average molecular weight is 224 g/mol. The molecule has 0 rings (SSSR count). The summed E-state index contributed by atoms with van der Waals surface area (Å²) in [6.07, 6.45) is -1.83. The third-order valence-corrected chi connectivity index (χ3v) is 0. The van der Waals surface area contributed by atoms with Crippen molar-refractivity contribution >= 4 is 17.5 Å². The Morgan fingerprint density at radius 2 is 1.20 bits per heavy atom. The second-order valence-electron chi connectivity index (χ2n) is 0.513. The van der Waals surface area contributed by atoms with Crippen molar-refractivity contribution in [3.63, 3.8) is 0 Å². The molecule has 6 nitrogen and oxygen atoms in total. The maximum atomic E-state index is 8.67. The average Bonchev–Trinajstić information content (AvgIpc) is 1.25. The van der Waals surface area contributed by atoms with Gasteiger partial charge in [0.15, 0.2) is 0 Å². The zero-order chi connectivity index (χ0) is 7.15. The summed E-state index contributed by atoms with van der Waals surface area (Å²) in [6, 6.07) is 0. The standard InChI is InChI=1S/CH2O3.2K.H2O3S.2H/c2-1(3)4;;;1-4(2)3;;/h(H2,2,3,4);;;(H2,1,2,3);;/q;2*+1;;2*-1. The fourth-order valence-electron chi connectivity index (χ4n) is 0. The Hall–Kier alpha value is 2.61. The van der Waals surface area contributed by atoms with Crippen molar-refractivity contribution in [1.29, 1.82) is 0 Å². The molecule has 0 saturated heterocycles. The number of hydrogen-bond acceptors (Lipinski definition) is 2. The zero-order valence-electron chi connectivity index (χ0n) is 7.51. The molecular formula is CH6K2O6S. The number of carboxylic acid groups (broad SMARTS) is 2. The second kappa shape index (κ2) is 17.6. The molecule has 0 unspecified atom stereocenters. The number of carbonyl (C=O) groups is 1. The molecule has 0 bridgehead atoms. The van der Waals surface area contributed by atoms with E-state index < -0.39 is 17.5 Å². The fraction of sp³-hybridized carbons (Fsp3) is 0. The van der Waals surface area contributed by atoms with Crippen LogP contribution in [0.4, 0.5) is 4.79 Å². The molecule has 0 aromatic carbocycles. The van der Waals surface area contributed by atoms with Gasteiger partial charge < -0.3 is 13.1 Å². The van der Waals surface area contributed by atoms with Gasteiger partial charge in [0, 0.05) is 0 Å². The molecule has 0 spiro atoms. The van der Waals surface area contributed by atoms with Crippen LogP contribution in [-0.2, 0) is 11.4 Å². The molecule has 0 saturated carbocycles. The molecular weight excluding hydrogens is 218 g/mol. The molecule has 54 valence electrons. The van der Waals surface area contributed by atoms with E-state index in [1.54, 1.807) is 0 Å². The third-order valence-electron chi connectivity index (χ3n) is 0. The molecule has 0 aliphatic carbocycles. The summed E-state index contributed by atoms with van der Waals surface area (Å²) in [5.74, 6) is 0. The normalized spacial score (nSPS) is 5.90. The Morgan fingerprint density at radius 1 is 1.20 bits per heavy atom. The summed E-state index contributed by atoms with van der Waals surface area (Å²) < 4.78 is 22.8. The summed E-state index contributed by atoms with van der Waals surface area (Å²) in [6.45, 7) is 0. The van der Waals surface area contributed by atoms with Crippen LogP contribution in [0.25, 0.3) is 0 Å². The first kappa shape index (κ1) is 22.9. The van der Waals surface area contributed by atoms with E-state index in [0.717, 1.165) is 0 Å². The van der Waals surface area contributed by atoms with Crippen molar-refractivity contribution in [2.24, 2.45) is 0 Å². The molecule has 0 aromatic rings. The van der Waals surface area contributed by atoms with Gasteiger partial charge in [-0.1, -0.05) is 0 Å². The SMILES string of the molecule is O=C(O)O.O=S(O)O.[H-].[H-].[K+].[K+]. The molecule has 0 aliphatic heterocycles. The van der Waals surface area contributed by atoms with Crippen LogP contribution in [0.2, 0.25) is 0 Å². The molecule has 0 fully saturated rings. The van der Waals surface area contributed by atoms with Crippen LogP contribution < -0.4 is 103 Å². The minimum Gasteiger partial charge on any atom is -1.00 e. The van der Waals surface area contributed by atoms with Crippen LogP contribution in [0.3, 0.4) is 0 Å². The maximum Gasteiger partial charge on any atom is 1.00 e. The Bertz CT molecular complexity index is 81.5. The molecule has 0 radical (unpaired) electrons. The minimum atomic E-state index is -2.61. The first-order valence-electron chi connectivity index (χ1n) is 1.18. The summed E-state index contributed by atoms with van der Waals surface area (Å²) >= 11 is -2.61. The monoisotopic (exact) mass is 224 g/mol. The molecule has 9 heteroatoms. The van der Waals surface area contributed by atoms with Crippen molar-refractivity contribution in [3.8, 4) is 0 Å². The van der Waals surface area contributed by atoms with Gasteiger partial charge in [0.25, 0.3) is 11.4 Å². The van der Waals surface area contributed by atoms with Crippen LogP contribution in [-0.4, -0.2) is 29.7 Å². The van der Waals surface area contributed by atoms with Crippen LogP contribution in [0.5, 0.6) is 0 Å². The van der Waals surface area contributed by atoms with Gasteiger partial charge in [-0.2, -0.15) is 4.21 Å². The van der Waals surface area contributed by atoms with E-state index in [4.69, 9.17) is 28.3 Å². The van der Waals surface area contributed by atoms with E-state index >= 15 is 0 Å². The molecule has 0 atom stereocenters.